The Balaban J connectivity index is 2.05. The van der Waals surface area contributed by atoms with Gasteiger partial charge in [-0.1, -0.05) is 46.6 Å². The summed E-state index contributed by atoms with van der Waals surface area (Å²) in [5, 5.41) is 10.9. The van der Waals surface area contributed by atoms with Crippen molar-refractivity contribution in [3.05, 3.63) is 43.2 Å². The van der Waals surface area contributed by atoms with Crippen LogP contribution in [-0.4, -0.2) is 26.5 Å². The van der Waals surface area contributed by atoms with Crippen LogP contribution >= 0.6 is 46.6 Å². The van der Waals surface area contributed by atoms with Crippen molar-refractivity contribution in [1.29, 1.82) is 0 Å². The van der Waals surface area contributed by atoms with Crippen molar-refractivity contribution in [2.45, 2.75) is 12.1 Å². The minimum absolute atomic E-state index is 0.0506. The van der Waals surface area contributed by atoms with Crippen molar-refractivity contribution in [3.8, 4) is 0 Å². The second-order valence-corrected chi connectivity index (χ2v) is 6.49. The molecular weight excluding hydrogens is 385 g/mol. The molecule has 122 valence electrons. The topological polar surface area (TPSA) is 103 Å². The fourth-order valence-electron chi connectivity index (χ4n) is 1.50. The Hall–Kier alpha value is -1.48. The molecule has 0 aliphatic rings. The summed E-state index contributed by atoms with van der Waals surface area (Å²) in [6.45, 7) is 1.49. The van der Waals surface area contributed by atoms with Crippen LogP contribution in [-0.2, 0) is 4.79 Å². The number of thioether (sulfide) groups is 1. The highest BCUT2D eigenvalue weighted by atomic mass is 35.5. The smallest absolute Gasteiger partial charge is 0.294 e. The van der Waals surface area contributed by atoms with E-state index in [1.54, 1.807) is 0 Å². The number of carbonyl (C=O) groups excluding carboxylic acids is 1. The molecule has 7 nitrogen and oxygen atoms in total. The van der Waals surface area contributed by atoms with Crippen LogP contribution in [0.3, 0.4) is 0 Å². The summed E-state index contributed by atoms with van der Waals surface area (Å²) < 4.78 is 0.840. The van der Waals surface area contributed by atoms with Crippen LogP contribution in [0.1, 0.15) is 5.69 Å². The van der Waals surface area contributed by atoms with Gasteiger partial charge in [-0.05, 0) is 19.1 Å². The second kappa shape index (κ2) is 7.39. The van der Waals surface area contributed by atoms with Gasteiger partial charge in [-0.2, -0.15) is 4.68 Å². The summed E-state index contributed by atoms with van der Waals surface area (Å²) in [6, 6.07) is 2.87. The zero-order valence-corrected chi connectivity index (χ0v) is 14.7. The Bertz CT molecular complexity index is 827. The first-order valence-corrected chi connectivity index (χ1v) is 8.20. The zero-order valence-electron chi connectivity index (χ0n) is 11.6. The molecule has 1 heterocycles. The number of anilines is 1. The van der Waals surface area contributed by atoms with Gasteiger partial charge in [0.05, 0.1) is 26.5 Å². The fourth-order valence-corrected chi connectivity index (χ4v) is 2.75. The van der Waals surface area contributed by atoms with Crippen molar-refractivity contribution < 1.29 is 4.79 Å². The monoisotopic (exact) mass is 393 g/mol. The third kappa shape index (κ3) is 4.29. The number of carbonyl (C=O) groups is 1. The number of nitrogens with zero attached hydrogens (tertiary/aromatic N) is 3. The van der Waals surface area contributed by atoms with Crippen LogP contribution in [0.15, 0.2) is 22.1 Å². The molecule has 0 radical (unpaired) electrons. The van der Waals surface area contributed by atoms with E-state index >= 15 is 0 Å². The Labute approximate surface area is 150 Å². The molecule has 0 spiro atoms. The average Bonchev–Trinajstić information content (AvgIpc) is 2.49. The quantitative estimate of drug-likeness (QED) is 0.469. The normalized spacial score (nSPS) is 10.6. The van der Waals surface area contributed by atoms with E-state index in [1.165, 1.54) is 19.1 Å². The number of halogens is 3. The number of hydrogen-bond acceptors (Lipinski definition) is 6. The Morgan fingerprint density at radius 2 is 1.91 bits per heavy atom. The Morgan fingerprint density at radius 3 is 2.61 bits per heavy atom. The van der Waals surface area contributed by atoms with E-state index in [0.717, 1.165) is 16.4 Å². The van der Waals surface area contributed by atoms with Crippen molar-refractivity contribution in [2.75, 3.05) is 16.9 Å². The van der Waals surface area contributed by atoms with Gasteiger partial charge < -0.3 is 11.2 Å². The van der Waals surface area contributed by atoms with Crippen LogP contribution in [0.2, 0.25) is 15.1 Å². The predicted octanol–water partition coefficient (Wildman–Crippen LogP) is 2.35. The molecule has 3 N–H and O–H groups in total. The first-order valence-electron chi connectivity index (χ1n) is 6.08. The molecule has 0 atom stereocenters. The van der Waals surface area contributed by atoms with Crippen LogP contribution < -0.4 is 16.7 Å². The molecule has 2 aromatic rings. The molecule has 0 aliphatic carbocycles. The molecule has 0 bridgehead atoms. The van der Waals surface area contributed by atoms with E-state index in [4.69, 9.17) is 40.6 Å². The number of aryl methyl sites for hydroxylation is 1. The minimum Gasteiger partial charge on any atom is -0.334 e. The third-order valence-corrected chi connectivity index (χ3v) is 4.61. The molecule has 0 saturated carbocycles. The number of aromatic nitrogens is 3. The minimum atomic E-state index is -0.476. The standard InChI is InChI=1S/C12H10Cl3N5O2S/c1-5-11(22)20(16)12(19-18-5)23-4-10(21)17-9-3-7(14)6(13)2-8(9)15/h2-3H,4,16H2,1H3,(H,17,21). The second-order valence-electron chi connectivity index (χ2n) is 4.33. The largest absolute Gasteiger partial charge is 0.334 e. The predicted molar refractivity (Wildman–Crippen MR) is 92.0 cm³/mol. The number of nitrogen functional groups attached to an aromatic ring is 1. The summed E-state index contributed by atoms with van der Waals surface area (Å²) in [5.74, 6) is 5.14. The van der Waals surface area contributed by atoms with Crippen molar-refractivity contribution in [2.24, 2.45) is 0 Å². The summed E-state index contributed by atoms with van der Waals surface area (Å²) in [4.78, 5) is 23.6. The lowest BCUT2D eigenvalue weighted by molar-refractivity contribution is -0.113. The van der Waals surface area contributed by atoms with Gasteiger partial charge in [-0.25, -0.2) is 0 Å². The molecule has 0 fully saturated rings. The van der Waals surface area contributed by atoms with Crippen molar-refractivity contribution >= 4 is 58.2 Å². The Kier molecular flexibility index (Phi) is 5.74. The van der Waals surface area contributed by atoms with Crippen molar-refractivity contribution in [3.63, 3.8) is 0 Å². The van der Waals surface area contributed by atoms with Crippen LogP contribution in [0.4, 0.5) is 5.69 Å². The highest BCUT2D eigenvalue weighted by Gasteiger charge is 2.12. The van der Waals surface area contributed by atoms with Gasteiger partial charge >= 0.3 is 0 Å². The van der Waals surface area contributed by atoms with E-state index in [9.17, 15) is 9.59 Å². The number of nitrogens with one attached hydrogen (secondary N) is 1. The maximum atomic E-state index is 12.0. The van der Waals surface area contributed by atoms with Gasteiger partial charge in [0.2, 0.25) is 11.1 Å². The van der Waals surface area contributed by atoms with E-state index < -0.39 is 5.56 Å². The lowest BCUT2D eigenvalue weighted by atomic mass is 10.3. The van der Waals surface area contributed by atoms with Crippen molar-refractivity contribution in [1.82, 2.24) is 14.9 Å². The fraction of sp³-hybridized carbons (Fsp3) is 0.167. The molecule has 1 aromatic carbocycles. The molecule has 23 heavy (non-hydrogen) atoms. The maximum Gasteiger partial charge on any atom is 0.294 e. The van der Waals surface area contributed by atoms with Crippen LogP contribution in [0.5, 0.6) is 0 Å². The summed E-state index contributed by atoms with van der Waals surface area (Å²) in [5.41, 5.74) is 0.0196. The van der Waals surface area contributed by atoms with E-state index in [-0.39, 0.29) is 37.6 Å². The molecule has 0 saturated heterocycles. The number of benzene rings is 1. The number of nitrogens with two attached hydrogens (primary N) is 1. The SMILES string of the molecule is Cc1nnc(SCC(=O)Nc2cc(Cl)c(Cl)cc2Cl)n(N)c1=O. The van der Waals surface area contributed by atoms with Gasteiger partial charge in [-0.3, -0.25) is 9.59 Å². The van der Waals surface area contributed by atoms with Gasteiger partial charge in [-0.15, -0.1) is 10.2 Å². The van der Waals surface area contributed by atoms with Gasteiger partial charge in [0.1, 0.15) is 5.69 Å². The highest BCUT2D eigenvalue weighted by Crippen LogP contribution is 2.32. The van der Waals surface area contributed by atoms with Gasteiger partial charge in [0.15, 0.2) is 0 Å². The molecule has 1 aromatic heterocycles. The number of amides is 1. The lowest BCUT2D eigenvalue weighted by Gasteiger charge is -2.09. The van der Waals surface area contributed by atoms with Gasteiger partial charge in [0.25, 0.3) is 5.56 Å². The average molecular weight is 395 g/mol. The maximum absolute atomic E-state index is 12.0. The molecule has 0 aliphatic heterocycles. The molecule has 2 rings (SSSR count). The molecular formula is C12H10Cl3N5O2S. The summed E-state index contributed by atoms with van der Waals surface area (Å²) >= 11 is 18.6. The van der Waals surface area contributed by atoms with E-state index in [2.05, 4.69) is 15.5 Å². The molecule has 1 amide bonds. The lowest BCUT2D eigenvalue weighted by Crippen LogP contribution is -2.32. The number of hydrogen-bond donors (Lipinski definition) is 2. The first kappa shape index (κ1) is 17.9. The van der Waals surface area contributed by atoms with Gasteiger partial charge in [0, 0.05) is 0 Å². The molecule has 11 heteroatoms. The van der Waals surface area contributed by atoms with Crippen LogP contribution in [0.25, 0.3) is 0 Å². The van der Waals surface area contributed by atoms with Crippen LogP contribution in [0, 0.1) is 6.92 Å². The summed E-state index contributed by atoms with van der Waals surface area (Å²) in [7, 11) is 0. The Morgan fingerprint density at radius 1 is 1.26 bits per heavy atom. The molecule has 0 unspecified atom stereocenters. The van der Waals surface area contributed by atoms with E-state index in [0.29, 0.717) is 5.69 Å². The van der Waals surface area contributed by atoms with E-state index in [1.807, 2.05) is 0 Å². The third-order valence-electron chi connectivity index (χ3n) is 2.64. The highest BCUT2D eigenvalue weighted by molar-refractivity contribution is 7.99. The summed E-state index contributed by atoms with van der Waals surface area (Å²) in [6.07, 6.45) is 0. The number of rotatable bonds is 4. The zero-order chi connectivity index (χ0) is 17.1. The first-order chi connectivity index (χ1) is 10.8.